The fourth-order valence-electron chi connectivity index (χ4n) is 3.97. The van der Waals surface area contributed by atoms with E-state index in [4.69, 9.17) is 9.47 Å². The van der Waals surface area contributed by atoms with E-state index in [2.05, 4.69) is 10.3 Å². The Morgan fingerprint density at radius 1 is 1.24 bits per heavy atom. The summed E-state index contributed by atoms with van der Waals surface area (Å²) in [6.07, 6.45) is 3.39. The molecule has 1 spiro atoms. The predicted octanol–water partition coefficient (Wildman–Crippen LogP) is 3.79. The Labute approximate surface area is 187 Å². The number of likely N-dealkylation sites (tertiary alicyclic amines) is 1. The first-order valence-electron chi connectivity index (χ1n) is 9.37. The van der Waals surface area contributed by atoms with E-state index in [9.17, 15) is 4.79 Å². The van der Waals surface area contributed by atoms with Gasteiger partial charge in [-0.1, -0.05) is 0 Å². The number of amides is 1. The van der Waals surface area contributed by atoms with Crippen molar-refractivity contribution < 1.29 is 14.3 Å². The second-order valence-electron chi connectivity index (χ2n) is 7.35. The smallest absolute Gasteiger partial charge is 0.253 e. The molecule has 1 amide bonds. The molecule has 2 saturated heterocycles. The third kappa shape index (κ3) is 5.34. The van der Waals surface area contributed by atoms with Crippen LogP contribution in [0.25, 0.3) is 0 Å². The van der Waals surface area contributed by atoms with Gasteiger partial charge in [0.1, 0.15) is 6.61 Å². The van der Waals surface area contributed by atoms with Crippen LogP contribution < -0.4 is 14.8 Å². The summed E-state index contributed by atoms with van der Waals surface area (Å²) in [5.74, 6) is 1.27. The van der Waals surface area contributed by atoms with Crippen molar-refractivity contribution in [2.75, 3.05) is 33.3 Å². The largest absolute Gasteiger partial charge is 0.493 e. The van der Waals surface area contributed by atoms with Gasteiger partial charge in [-0.05, 0) is 49.4 Å². The minimum Gasteiger partial charge on any atom is -0.493 e. The lowest BCUT2D eigenvalue weighted by Gasteiger charge is -2.39. The number of piperidine rings is 1. The second-order valence-corrected chi connectivity index (χ2v) is 8.07. The van der Waals surface area contributed by atoms with E-state index in [0.29, 0.717) is 29.1 Å². The van der Waals surface area contributed by atoms with Gasteiger partial charge in [0.05, 0.1) is 18.3 Å². The van der Waals surface area contributed by atoms with E-state index >= 15 is 0 Å². The van der Waals surface area contributed by atoms with Crippen LogP contribution in [0, 0.1) is 5.41 Å². The van der Waals surface area contributed by atoms with Crippen LogP contribution in [0.4, 0.5) is 0 Å². The number of hydrogen-bond acceptors (Lipinski definition) is 6. The molecule has 2 aromatic rings. The number of hydrogen-bond donors (Lipinski definition) is 1. The van der Waals surface area contributed by atoms with E-state index in [1.807, 2.05) is 22.4 Å². The van der Waals surface area contributed by atoms with Gasteiger partial charge >= 0.3 is 0 Å². The Balaban J connectivity index is 0.00000150. The number of benzene rings is 1. The van der Waals surface area contributed by atoms with Gasteiger partial charge in [0.2, 0.25) is 0 Å². The van der Waals surface area contributed by atoms with Gasteiger partial charge in [-0.25, -0.2) is 4.98 Å². The topological polar surface area (TPSA) is 63.7 Å². The molecule has 2 aliphatic rings. The highest BCUT2D eigenvalue weighted by molar-refractivity contribution is 7.07. The molecule has 160 valence electrons. The van der Waals surface area contributed by atoms with E-state index in [1.165, 1.54) is 17.8 Å². The first-order valence-corrected chi connectivity index (χ1v) is 10.3. The molecule has 4 rings (SSSR count). The highest BCUT2D eigenvalue weighted by Gasteiger charge is 2.38. The molecule has 9 heteroatoms. The van der Waals surface area contributed by atoms with E-state index in [1.54, 1.807) is 18.7 Å². The minimum atomic E-state index is 0. The summed E-state index contributed by atoms with van der Waals surface area (Å²) in [5.41, 5.74) is 3.71. The van der Waals surface area contributed by atoms with Crippen LogP contribution >= 0.6 is 36.2 Å². The summed E-state index contributed by atoms with van der Waals surface area (Å²) in [7, 11) is 1.59. The molecule has 0 unspecified atom stereocenters. The average molecular weight is 460 g/mol. The van der Waals surface area contributed by atoms with E-state index in [0.717, 1.165) is 44.7 Å². The highest BCUT2D eigenvalue weighted by atomic mass is 35.5. The van der Waals surface area contributed by atoms with Crippen molar-refractivity contribution in [3.63, 3.8) is 0 Å². The zero-order valence-corrected chi connectivity index (χ0v) is 18.8. The number of methoxy groups -OCH3 is 1. The molecule has 3 heterocycles. The molecule has 0 bridgehead atoms. The SMILES string of the molecule is COc1cc(C(=O)N2CCC3(CCNC3)CC2)ccc1OCc1cscn1.Cl.Cl. The molecular formula is C20H27Cl2N3O3S. The molecule has 6 nitrogen and oxygen atoms in total. The summed E-state index contributed by atoms with van der Waals surface area (Å²) in [4.78, 5) is 19.1. The molecule has 2 fully saturated rings. The summed E-state index contributed by atoms with van der Waals surface area (Å²) in [6, 6.07) is 5.41. The third-order valence-corrected chi connectivity index (χ3v) is 6.35. The number of nitrogens with zero attached hydrogens (tertiary/aromatic N) is 2. The molecule has 0 atom stereocenters. The molecule has 1 aromatic carbocycles. The van der Waals surface area contributed by atoms with Crippen LogP contribution in [0.3, 0.4) is 0 Å². The number of aromatic nitrogens is 1. The van der Waals surface area contributed by atoms with Crippen molar-refractivity contribution in [3.05, 3.63) is 40.3 Å². The summed E-state index contributed by atoms with van der Waals surface area (Å²) >= 11 is 1.54. The second kappa shape index (κ2) is 10.5. The van der Waals surface area contributed by atoms with Crippen LogP contribution in [0.5, 0.6) is 11.5 Å². The highest BCUT2D eigenvalue weighted by Crippen LogP contribution is 2.37. The van der Waals surface area contributed by atoms with Crippen molar-refractivity contribution >= 4 is 42.1 Å². The zero-order valence-electron chi connectivity index (χ0n) is 16.4. The molecule has 1 N–H and O–H groups in total. The Kier molecular flexibility index (Phi) is 8.58. The standard InChI is InChI=1S/C20H25N3O3S.2ClH/c1-25-18-10-15(2-3-17(18)26-11-16-12-27-14-22-16)19(24)23-8-5-20(6-9-23)4-7-21-13-20;;/h2-3,10,12,14,21H,4-9,11,13H2,1H3;2*1H. The average Bonchev–Trinajstić information content (AvgIpc) is 3.39. The normalized spacial score (nSPS) is 17.3. The van der Waals surface area contributed by atoms with Crippen molar-refractivity contribution in [2.45, 2.75) is 25.9 Å². The summed E-state index contributed by atoms with van der Waals surface area (Å²) in [6.45, 7) is 4.23. The monoisotopic (exact) mass is 459 g/mol. The number of rotatable bonds is 5. The Morgan fingerprint density at radius 2 is 2.03 bits per heavy atom. The number of halogens is 2. The molecule has 29 heavy (non-hydrogen) atoms. The van der Waals surface area contributed by atoms with Crippen molar-refractivity contribution in [1.82, 2.24) is 15.2 Å². The number of thiazole rings is 1. The predicted molar refractivity (Wildman–Crippen MR) is 119 cm³/mol. The lowest BCUT2D eigenvalue weighted by atomic mass is 9.78. The van der Waals surface area contributed by atoms with Gasteiger partial charge in [-0.3, -0.25) is 4.79 Å². The quantitative estimate of drug-likeness (QED) is 0.736. The molecular weight excluding hydrogens is 433 g/mol. The fraction of sp³-hybridized carbons (Fsp3) is 0.500. The molecule has 1 aromatic heterocycles. The number of carbonyl (C=O) groups is 1. The van der Waals surface area contributed by atoms with E-state index in [-0.39, 0.29) is 30.7 Å². The van der Waals surface area contributed by atoms with Crippen LogP contribution in [0.15, 0.2) is 29.1 Å². The number of nitrogens with one attached hydrogen (secondary N) is 1. The van der Waals surface area contributed by atoms with Crippen molar-refractivity contribution in [1.29, 1.82) is 0 Å². The Morgan fingerprint density at radius 3 is 2.66 bits per heavy atom. The van der Waals surface area contributed by atoms with Crippen LogP contribution in [0.1, 0.15) is 35.3 Å². The summed E-state index contributed by atoms with van der Waals surface area (Å²) in [5, 5.41) is 5.42. The third-order valence-electron chi connectivity index (χ3n) is 5.71. The number of ether oxygens (including phenoxy) is 2. The Hall–Kier alpha value is -1.54. The summed E-state index contributed by atoms with van der Waals surface area (Å²) < 4.78 is 11.3. The molecule has 2 aliphatic heterocycles. The van der Waals surface area contributed by atoms with Crippen LogP contribution in [-0.4, -0.2) is 49.1 Å². The zero-order chi connectivity index (χ0) is 18.7. The van der Waals surface area contributed by atoms with Gasteiger partial charge in [-0.15, -0.1) is 36.2 Å². The minimum absolute atomic E-state index is 0. The fourth-order valence-corrected chi connectivity index (χ4v) is 4.51. The van der Waals surface area contributed by atoms with Crippen LogP contribution in [-0.2, 0) is 6.61 Å². The molecule has 0 saturated carbocycles. The maximum Gasteiger partial charge on any atom is 0.253 e. The van der Waals surface area contributed by atoms with Gasteiger partial charge in [-0.2, -0.15) is 0 Å². The van der Waals surface area contributed by atoms with Gasteiger partial charge in [0.25, 0.3) is 5.91 Å². The maximum absolute atomic E-state index is 12.9. The van der Waals surface area contributed by atoms with E-state index < -0.39 is 0 Å². The lowest BCUT2D eigenvalue weighted by molar-refractivity contribution is 0.0607. The van der Waals surface area contributed by atoms with Crippen LogP contribution in [0.2, 0.25) is 0 Å². The van der Waals surface area contributed by atoms with Gasteiger partial charge < -0.3 is 19.7 Å². The van der Waals surface area contributed by atoms with Gasteiger partial charge in [0, 0.05) is 30.6 Å². The first kappa shape index (κ1) is 23.7. The van der Waals surface area contributed by atoms with Gasteiger partial charge in [0.15, 0.2) is 11.5 Å². The van der Waals surface area contributed by atoms with Crippen molar-refractivity contribution in [2.24, 2.45) is 5.41 Å². The Bertz CT molecular complexity index is 788. The number of carbonyl (C=O) groups excluding carboxylic acids is 1. The van der Waals surface area contributed by atoms with Crippen molar-refractivity contribution in [3.8, 4) is 11.5 Å². The maximum atomic E-state index is 12.9. The molecule has 0 radical (unpaired) electrons. The lowest BCUT2D eigenvalue weighted by Crippen LogP contribution is -2.44. The molecule has 0 aliphatic carbocycles. The first-order chi connectivity index (χ1) is 13.2.